The molecular weight excluding hydrogens is 340 g/mol. The number of nitrogen functional groups attached to an aromatic ring is 1. The molecular formula is C17H13ClN6O. The maximum atomic E-state index is 9.43. The van der Waals surface area contributed by atoms with Gasteiger partial charge < -0.3 is 16.2 Å². The Balaban J connectivity index is 1.84. The van der Waals surface area contributed by atoms with Crippen molar-refractivity contribution in [3.63, 3.8) is 0 Å². The Morgan fingerprint density at radius 3 is 2.72 bits per heavy atom. The number of phenolic OH excluding ortho intramolecular Hbond substituents is 1. The standard InChI is InChI=1S/C17H13ClN6O/c18-11-2-4-12(5-3-11)22-17-13(8-19)16(23-24-17)21-9-10-1-6-15(25)14(20)7-10/h1-7,9,25H,20H2,(H2,22,23,24). The number of rotatable bonds is 4. The second kappa shape index (κ2) is 6.95. The summed E-state index contributed by atoms with van der Waals surface area (Å²) in [6.07, 6.45) is 1.51. The molecule has 0 fully saturated rings. The number of aromatic nitrogens is 2. The topological polar surface area (TPSA) is 123 Å². The van der Waals surface area contributed by atoms with Crippen molar-refractivity contribution >= 4 is 40.8 Å². The highest BCUT2D eigenvalue weighted by Crippen LogP contribution is 2.26. The Labute approximate surface area is 148 Å². The van der Waals surface area contributed by atoms with E-state index in [1.54, 1.807) is 36.4 Å². The van der Waals surface area contributed by atoms with Gasteiger partial charge in [0.2, 0.25) is 0 Å². The highest BCUT2D eigenvalue weighted by molar-refractivity contribution is 6.30. The molecule has 0 atom stereocenters. The van der Waals surface area contributed by atoms with Crippen LogP contribution in [0.4, 0.5) is 23.0 Å². The first kappa shape index (κ1) is 16.4. The number of nitrogens with zero attached hydrogens (tertiary/aromatic N) is 3. The van der Waals surface area contributed by atoms with Crippen LogP contribution in [0.5, 0.6) is 5.75 Å². The molecule has 3 rings (SSSR count). The van der Waals surface area contributed by atoms with Gasteiger partial charge in [-0.1, -0.05) is 11.6 Å². The van der Waals surface area contributed by atoms with Gasteiger partial charge in [-0.15, -0.1) is 0 Å². The summed E-state index contributed by atoms with van der Waals surface area (Å²) in [6, 6.07) is 13.8. The van der Waals surface area contributed by atoms with Gasteiger partial charge in [-0.05, 0) is 48.0 Å². The van der Waals surface area contributed by atoms with Crippen LogP contribution in [0.15, 0.2) is 47.5 Å². The molecule has 8 heteroatoms. The minimum atomic E-state index is 0.00378. The molecule has 0 bridgehead atoms. The number of benzene rings is 2. The van der Waals surface area contributed by atoms with Gasteiger partial charge in [-0.25, -0.2) is 4.99 Å². The van der Waals surface area contributed by atoms with Gasteiger partial charge >= 0.3 is 0 Å². The Kier molecular flexibility index (Phi) is 4.55. The third kappa shape index (κ3) is 3.71. The molecule has 0 amide bonds. The number of aromatic amines is 1. The molecule has 0 aliphatic rings. The van der Waals surface area contributed by atoms with E-state index < -0.39 is 0 Å². The summed E-state index contributed by atoms with van der Waals surface area (Å²) < 4.78 is 0. The van der Waals surface area contributed by atoms with Crippen LogP contribution in [-0.2, 0) is 0 Å². The first-order valence-electron chi connectivity index (χ1n) is 7.20. The summed E-state index contributed by atoms with van der Waals surface area (Å²) in [5, 5.41) is 29.3. The predicted molar refractivity (Wildman–Crippen MR) is 97.8 cm³/mol. The average molecular weight is 353 g/mol. The first-order valence-corrected chi connectivity index (χ1v) is 7.58. The third-order valence-corrected chi connectivity index (χ3v) is 3.61. The van der Waals surface area contributed by atoms with Crippen molar-refractivity contribution in [2.75, 3.05) is 11.1 Å². The van der Waals surface area contributed by atoms with Crippen LogP contribution in [0.25, 0.3) is 0 Å². The van der Waals surface area contributed by atoms with Gasteiger partial charge in [0, 0.05) is 16.9 Å². The van der Waals surface area contributed by atoms with E-state index >= 15 is 0 Å². The smallest absolute Gasteiger partial charge is 0.193 e. The maximum absolute atomic E-state index is 9.43. The molecule has 0 radical (unpaired) electrons. The Morgan fingerprint density at radius 2 is 2.04 bits per heavy atom. The minimum Gasteiger partial charge on any atom is -0.506 e. The lowest BCUT2D eigenvalue weighted by Gasteiger charge is -2.03. The van der Waals surface area contributed by atoms with E-state index in [1.165, 1.54) is 12.3 Å². The molecule has 0 saturated heterocycles. The summed E-state index contributed by atoms with van der Waals surface area (Å²) >= 11 is 5.85. The number of aromatic hydroxyl groups is 1. The van der Waals surface area contributed by atoms with Gasteiger partial charge in [-0.3, -0.25) is 5.10 Å². The van der Waals surface area contributed by atoms with Crippen molar-refractivity contribution in [1.29, 1.82) is 5.26 Å². The summed E-state index contributed by atoms with van der Waals surface area (Å²) in [5.74, 6) is 0.678. The Morgan fingerprint density at radius 1 is 1.28 bits per heavy atom. The molecule has 0 aliphatic heterocycles. The molecule has 5 N–H and O–H groups in total. The second-order valence-electron chi connectivity index (χ2n) is 5.12. The molecule has 2 aromatic carbocycles. The van der Waals surface area contributed by atoms with Crippen LogP contribution < -0.4 is 11.1 Å². The Hall–Kier alpha value is -3.50. The molecule has 1 heterocycles. The number of H-pyrrole nitrogens is 1. The second-order valence-corrected chi connectivity index (χ2v) is 5.55. The predicted octanol–water partition coefficient (Wildman–Crippen LogP) is 3.72. The number of anilines is 3. The van der Waals surface area contributed by atoms with Crippen molar-refractivity contribution < 1.29 is 5.11 Å². The summed E-state index contributed by atoms with van der Waals surface area (Å²) in [4.78, 5) is 4.21. The van der Waals surface area contributed by atoms with Crippen LogP contribution in [0.2, 0.25) is 5.02 Å². The minimum absolute atomic E-state index is 0.00378. The molecule has 25 heavy (non-hydrogen) atoms. The van der Waals surface area contributed by atoms with E-state index in [-0.39, 0.29) is 22.8 Å². The van der Waals surface area contributed by atoms with E-state index in [0.717, 1.165) is 5.69 Å². The summed E-state index contributed by atoms with van der Waals surface area (Å²) in [5.41, 5.74) is 7.60. The van der Waals surface area contributed by atoms with E-state index in [2.05, 4.69) is 26.6 Å². The summed E-state index contributed by atoms with van der Waals surface area (Å²) in [6.45, 7) is 0. The van der Waals surface area contributed by atoms with Gasteiger partial charge in [0.25, 0.3) is 0 Å². The molecule has 7 nitrogen and oxygen atoms in total. The van der Waals surface area contributed by atoms with E-state index in [0.29, 0.717) is 16.4 Å². The number of hydrogen-bond donors (Lipinski definition) is 4. The summed E-state index contributed by atoms with van der Waals surface area (Å²) in [7, 11) is 0. The fourth-order valence-electron chi connectivity index (χ4n) is 2.09. The highest BCUT2D eigenvalue weighted by atomic mass is 35.5. The molecule has 0 spiro atoms. The zero-order chi connectivity index (χ0) is 17.8. The molecule has 0 saturated carbocycles. The van der Waals surface area contributed by atoms with Gasteiger partial charge in [0.15, 0.2) is 5.82 Å². The fraction of sp³-hybridized carbons (Fsp3) is 0. The van der Waals surface area contributed by atoms with Crippen molar-refractivity contribution in [2.24, 2.45) is 4.99 Å². The zero-order valence-electron chi connectivity index (χ0n) is 12.9. The number of aliphatic imine (C=N–C) groups is 1. The molecule has 1 aromatic heterocycles. The molecule has 3 aromatic rings. The lowest BCUT2D eigenvalue weighted by molar-refractivity contribution is 0.478. The number of hydrogen-bond acceptors (Lipinski definition) is 6. The number of nitrogens with two attached hydrogens (primary N) is 1. The van der Waals surface area contributed by atoms with Crippen LogP contribution in [-0.4, -0.2) is 21.5 Å². The van der Waals surface area contributed by atoms with Crippen LogP contribution in [0.1, 0.15) is 11.1 Å². The first-order chi connectivity index (χ1) is 12.1. The fourth-order valence-corrected chi connectivity index (χ4v) is 2.21. The monoisotopic (exact) mass is 352 g/mol. The SMILES string of the molecule is N#Cc1c(N=Cc2ccc(O)c(N)c2)n[nH]c1Nc1ccc(Cl)cc1. The lowest BCUT2D eigenvalue weighted by atomic mass is 10.2. The van der Waals surface area contributed by atoms with Crippen LogP contribution >= 0.6 is 11.6 Å². The van der Waals surface area contributed by atoms with E-state index in [1.807, 2.05) is 0 Å². The number of phenols is 1. The van der Waals surface area contributed by atoms with Crippen molar-refractivity contribution in [3.8, 4) is 11.8 Å². The van der Waals surface area contributed by atoms with E-state index in [4.69, 9.17) is 17.3 Å². The highest BCUT2D eigenvalue weighted by Gasteiger charge is 2.12. The third-order valence-electron chi connectivity index (χ3n) is 3.36. The molecule has 0 aliphatic carbocycles. The molecule has 124 valence electrons. The van der Waals surface area contributed by atoms with Gasteiger partial charge in [-0.2, -0.15) is 10.4 Å². The van der Waals surface area contributed by atoms with Gasteiger partial charge in [0.05, 0.1) is 5.69 Å². The van der Waals surface area contributed by atoms with Crippen molar-refractivity contribution in [1.82, 2.24) is 10.2 Å². The zero-order valence-corrected chi connectivity index (χ0v) is 13.6. The largest absolute Gasteiger partial charge is 0.506 e. The van der Waals surface area contributed by atoms with Crippen molar-refractivity contribution in [2.45, 2.75) is 0 Å². The van der Waals surface area contributed by atoms with E-state index in [9.17, 15) is 10.4 Å². The Bertz CT molecular complexity index is 972. The maximum Gasteiger partial charge on any atom is 0.193 e. The number of halogens is 1. The lowest BCUT2D eigenvalue weighted by Crippen LogP contribution is -1.92. The van der Waals surface area contributed by atoms with Crippen LogP contribution in [0.3, 0.4) is 0 Å². The normalized spacial score (nSPS) is 10.7. The average Bonchev–Trinajstić information content (AvgIpc) is 2.99. The van der Waals surface area contributed by atoms with Gasteiger partial charge in [0.1, 0.15) is 23.2 Å². The molecule has 0 unspecified atom stereocenters. The number of nitrogens with one attached hydrogen (secondary N) is 2. The quantitative estimate of drug-likeness (QED) is 0.323. The van der Waals surface area contributed by atoms with Crippen molar-refractivity contribution in [3.05, 3.63) is 58.6 Å². The van der Waals surface area contributed by atoms with Crippen LogP contribution in [0, 0.1) is 11.3 Å². The number of nitriles is 1.